The predicted molar refractivity (Wildman–Crippen MR) is 120 cm³/mol. The summed E-state index contributed by atoms with van der Waals surface area (Å²) in [5, 5.41) is 16.1. The lowest BCUT2D eigenvalue weighted by molar-refractivity contribution is -0.133. The molecule has 7 nitrogen and oxygen atoms in total. The Kier molecular flexibility index (Phi) is 7.45. The highest BCUT2D eigenvalue weighted by Crippen LogP contribution is 2.47. The summed E-state index contributed by atoms with van der Waals surface area (Å²) in [5.74, 6) is -2.00. The number of aliphatic hydroxyl groups is 1. The number of hydrogen-bond donors (Lipinski definition) is 3. The van der Waals surface area contributed by atoms with Crippen molar-refractivity contribution in [3.63, 3.8) is 0 Å². The molecule has 2 amide bonds. The van der Waals surface area contributed by atoms with Gasteiger partial charge in [-0.05, 0) is 43.0 Å². The van der Waals surface area contributed by atoms with Crippen molar-refractivity contribution >= 4 is 35.0 Å². The van der Waals surface area contributed by atoms with Crippen LogP contribution in [0.15, 0.2) is 36.4 Å². The van der Waals surface area contributed by atoms with Gasteiger partial charge in [0.25, 0.3) is 11.8 Å². The summed E-state index contributed by atoms with van der Waals surface area (Å²) < 4.78 is 37.5. The van der Waals surface area contributed by atoms with Crippen molar-refractivity contribution in [1.82, 2.24) is 10.6 Å². The monoisotopic (exact) mass is 514 g/mol. The van der Waals surface area contributed by atoms with Crippen LogP contribution in [0.3, 0.4) is 0 Å². The van der Waals surface area contributed by atoms with Gasteiger partial charge in [0.05, 0.1) is 22.2 Å². The van der Waals surface area contributed by atoms with Crippen molar-refractivity contribution in [3.8, 4) is 11.5 Å². The SMILES string of the molecule is O=C(COc1ccc(Cl)c(F)c1)NC1CC[C@H]2C(NC(=O)COc3ccc(Cl)c(F)c3)C(O)C12. The molecule has 2 aromatic rings. The second kappa shape index (κ2) is 10.3. The van der Waals surface area contributed by atoms with Gasteiger partial charge in [-0.15, -0.1) is 0 Å². The summed E-state index contributed by atoms with van der Waals surface area (Å²) in [6.07, 6.45) is 0.520. The zero-order chi connectivity index (χ0) is 24.4. The van der Waals surface area contributed by atoms with Gasteiger partial charge in [-0.3, -0.25) is 9.59 Å². The maximum absolute atomic E-state index is 13.5. The van der Waals surface area contributed by atoms with Gasteiger partial charge in [0.2, 0.25) is 0 Å². The van der Waals surface area contributed by atoms with E-state index < -0.39 is 35.6 Å². The van der Waals surface area contributed by atoms with Crippen LogP contribution in [0.5, 0.6) is 11.5 Å². The average molecular weight is 515 g/mol. The van der Waals surface area contributed by atoms with E-state index in [1.54, 1.807) is 0 Å². The molecule has 4 unspecified atom stereocenters. The molecule has 3 N–H and O–H groups in total. The Morgan fingerprint density at radius 2 is 1.44 bits per heavy atom. The van der Waals surface area contributed by atoms with Gasteiger partial charge < -0.3 is 25.2 Å². The largest absolute Gasteiger partial charge is 0.484 e. The van der Waals surface area contributed by atoms with Crippen LogP contribution in [0.2, 0.25) is 10.0 Å². The van der Waals surface area contributed by atoms with Gasteiger partial charge in [-0.25, -0.2) is 8.78 Å². The summed E-state index contributed by atoms with van der Waals surface area (Å²) >= 11 is 11.2. The number of amides is 2. The molecule has 0 saturated heterocycles. The number of carbonyl (C=O) groups is 2. The van der Waals surface area contributed by atoms with E-state index in [1.165, 1.54) is 24.3 Å². The topological polar surface area (TPSA) is 96.9 Å². The quantitative estimate of drug-likeness (QED) is 0.502. The third kappa shape index (κ3) is 5.37. The molecule has 34 heavy (non-hydrogen) atoms. The molecule has 0 spiro atoms. The summed E-state index contributed by atoms with van der Waals surface area (Å²) in [7, 11) is 0. The van der Waals surface area contributed by atoms with Crippen molar-refractivity contribution < 1.29 is 33.0 Å². The molecule has 0 aromatic heterocycles. The van der Waals surface area contributed by atoms with E-state index in [0.29, 0.717) is 12.8 Å². The van der Waals surface area contributed by atoms with Crippen LogP contribution in [0.4, 0.5) is 8.78 Å². The van der Waals surface area contributed by atoms with Crippen molar-refractivity contribution in [2.75, 3.05) is 13.2 Å². The smallest absolute Gasteiger partial charge is 0.258 e. The fourth-order valence-electron chi connectivity index (χ4n) is 4.58. The lowest BCUT2D eigenvalue weighted by Gasteiger charge is -2.48. The normalized spacial score (nSPS) is 25.1. The number of carbonyl (C=O) groups excluding carboxylic acids is 2. The molecule has 2 fully saturated rings. The first-order chi connectivity index (χ1) is 16.2. The van der Waals surface area contributed by atoms with E-state index in [-0.39, 0.29) is 52.6 Å². The van der Waals surface area contributed by atoms with Gasteiger partial charge in [0, 0.05) is 24.1 Å². The second-order valence-corrected chi connectivity index (χ2v) is 9.12. The third-order valence-electron chi connectivity index (χ3n) is 6.19. The number of rotatable bonds is 8. The van der Waals surface area contributed by atoms with Crippen LogP contribution in [-0.2, 0) is 9.59 Å². The number of hydrogen-bond acceptors (Lipinski definition) is 5. The molecule has 0 radical (unpaired) electrons. The molecular weight excluding hydrogens is 493 g/mol. The molecule has 0 bridgehead atoms. The molecule has 2 aliphatic rings. The third-order valence-corrected chi connectivity index (χ3v) is 6.80. The number of aliphatic hydroxyl groups excluding tert-OH is 1. The highest BCUT2D eigenvalue weighted by atomic mass is 35.5. The Bertz CT molecular complexity index is 1020. The molecule has 4 rings (SSSR count). The number of fused-ring (bicyclic) bond motifs is 1. The van der Waals surface area contributed by atoms with E-state index in [4.69, 9.17) is 32.7 Å². The summed E-state index contributed by atoms with van der Waals surface area (Å²) in [5.41, 5.74) is 0. The number of ether oxygens (including phenoxy) is 2. The molecule has 2 saturated carbocycles. The van der Waals surface area contributed by atoms with Gasteiger partial charge in [0.1, 0.15) is 23.1 Å². The summed E-state index contributed by atoms with van der Waals surface area (Å²) in [4.78, 5) is 24.5. The fourth-order valence-corrected chi connectivity index (χ4v) is 4.82. The minimum Gasteiger partial charge on any atom is -0.484 e. The van der Waals surface area contributed by atoms with E-state index in [9.17, 15) is 23.5 Å². The highest BCUT2D eigenvalue weighted by molar-refractivity contribution is 6.31. The number of halogens is 4. The van der Waals surface area contributed by atoms with Gasteiger partial charge in [0.15, 0.2) is 13.2 Å². The molecule has 0 heterocycles. The van der Waals surface area contributed by atoms with Crippen molar-refractivity contribution in [1.29, 1.82) is 0 Å². The molecule has 0 aliphatic heterocycles. The predicted octanol–water partition coefficient (Wildman–Crippen LogP) is 3.10. The zero-order valence-electron chi connectivity index (χ0n) is 17.8. The Morgan fingerprint density at radius 1 is 0.912 bits per heavy atom. The lowest BCUT2D eigenvalue weighted by Crippen LogP contribution is -2.65. The van der Waals surface area contributed by atoms with Gasteiger partial charge in [-0.1, -0.05) is 23.2 Å². The minimum absolute atomic E-state index is 0.00325. The van der Waals surface area contributed by atoms with E-state index >= 15 is 0 Å². The average Bonchev–Trinajstić information content (AvgIpc) is 3.18. The van der Waals surface area contributed by atoms with Crippen LogP contribution in [0, 0.1) is 23.5 Å². The van der Waals surface area contributed by atoms with E-state index in [0.717, 1.165) is 12.1 Å². The Morgan fingerprint density at radius 3 is 1.97 bits per heavy atom. The van der Waals surface area contributed by atoms with Crippen LogP contribution in [0.25, 0.3) is 0 Å². The molecule has 11 heteroatoms. The van der Waals surface area contributed by atoms with E-state index in [1.807, 2.05) is 0 Å². The first-order valence-electron chi connectivity index (χ1n) is 10.7. The van der Waals surface area contributed by atoms with Gasteiger partial charge >= 0.3 is 0 Å². The van der Waals surface area contributed by atoms with Crippen molar-refractivity contribution in [3.05, 3.63) is 58.1 Å². The maximum atomic E-state index is 13.5. The van der Waals surface area contributed by atoms with E-state index in [2.05, 4.69) is 10.6 Å². The first-order valence-corrected chi connectivity index (χ1v) is 11.4. The molecular formula is C23H22Cl2F2N2O5. The zero-order valence-corrected chi connectivity index (χ0v) is 19.3. The van der Waals surface area contributed by atoms with Crippen molar-refractivity contribution in [2.45, 2.75) is 31.0 Å². The molecule has 182 valence electrons. The molecule has 2 aromatic carbocycles. The number of benzene rings is 2. The lowest BCUT2D eigenvalue weighted by atomic mass is 9.67. The van der Waals surface area contributed by atoms with Crippen LogP contribution in [0.1, 0.15) is 12.8 Å². The van der Waals surface area contributed by atoms with Crippen LogP contribution in [-0.4, -0.2) is 48.3 Å². The first kappa shape index (κ1) is 24.5. The fraction of sp³-hybridized carbons (Fsp3) is 0.391. The second-order valence-electron chi connectivity index (χ2n) is 8.31. The van der Waals surface area contributed by atoms with Crippen LogP contribution < -0.4 is 20.1 Å². The Balaban J connectivity index is 1.22. The van der Waals surface area contributed by atoms with Crippen molar-refractivity contribution in [2.24, 2.45) is 11.8 Å². The number of nitrogens with one attached hydrogen (secondary N) is 2. The minimum atomic E-state index is -0.832. The van der Waals surface area contributed by atoms with Gasteiger partial charge in [-0.2, -0.15) is 0 Å². The van der Waals surface area contributed by atoms with Crippen LogP contribution >= 0.6 is 23.2 Å². The Hall–Kier alpha value is -2.62. The molecule has 2 aliphatic carbocycles. The maximum Gasteiger partial charge on any atom is 0.258 e. The highest BCUT2D eigenvalue weighted by Gasteiger charge is 2.57. The Labute approximate surface area is 204 Å². The standard InChI is InChI=1S/C23H22Cl2F2N2O5/c24-14-4-1-11(7-16(14)26)33-9-19(30)28-18-6-3-13-21(18)23(32)22(13)29-20(31)10-34-12-2-5-15(25)17(27)8-12/h1-2,4-5,7-8,13,18,21-23,32H,3,6,9-10H2,(H,28,30)(H,29,31)/t13-,18?,21?,22?,23?/m1/s1. The summed E-state index contributed by atoms with van der Waals surface area (Å²) in [6.45, 7) is -0.654. The summed E-state index contributed by atoms with van der Waals surface area (Å²) in [6, 6.07) is 7.03. The molecule has 5 atom stereocenters.